The standard InChI is InChI=1S/C23H33N5O4/c29-20-4-3-19(21(30)25-20)28-22(31)17-2-1-16(13-18(17)23(28)32)27-11-9-26(10-12-27)14-15-5-7-24-8-6-15/h1-2,13,15,19-21,24-25,29-30H,3-12,14H2. The number of anilines is 1. The van der Waals surface area contributed by atoms with Crippen molar-refractivity contribution in [2.24, 2.45) is 5.92 Å². The van der Waals surface area contributed by atoms with Gasteiger partial charge in [0.1, 0.15) is 12.5 Å². The number of piperidine rings is 2. The quantitative estimate of drug-likeness (QED) is 0.474. The Bertz CT molecular complexity index is 866. The average molecular weight is 444 g/mol. The number of fused-ring (bicyclic) bond motifs is 1. The van der Waals surface area contributed by atoms with Crippen LogP contribution in [0.4, 0.5) is 5.69 Å². The number of amides is 2. The van der Waals surface area contributed by atoms with Crippen LogP contribution in [-0.4, -0.2) is 96.1 Å². The van der Waals surface area contributed by atoms with Crippen LogP contribution in [0.5, 0.6) is 0 Å². The van der Waals surface area contributed by atoms with Crippen molar-refractivity contribution in [2.45, 2.75) is 44.2 Å². The van der Waals surface area contributed by atoms with Crippen molar-refractivity contribution in [3.05, 3.63) is 29.3 Å². The maximum Gasteiger partial charge on any atom is 0.262 e. The number of rotatable bonds is 4. The molecule has 5 rings (SSSR count). The number of carbonyl (C=O) groups is 2. The molecule has 3 atom stereocenters. The second-order valence-electron chi connectivity index (χ2n) is 9.46. The fourth-order valence-electron chi connectivity index (χ4n) is 5.51. The van der Waals surface area contributed by atoms with Gasteiger partial charge in [0.05, 0.1) is 17.2 Å². The topological polar surface area (TPSA) is 108 Å². The zero-order valence-corrected chi connectivity index (χ0v) is 18.4. The molecule has 0 aromatic heterocycles. The summed E-state index contributed by atoms with van der Waals surface area (Å²) in [5.74, 6) is 0.0485. The maximum atomic E-state index is 13.1. The zero-order valence-electron chi connectivity index (χ0n) is 18.4. The third-order valence-corrected chi connectivity index (χ3v) is 7.41. The van der Waals surface area contributed by atoms with Gasteiger partial charge in [-0.1, -0.05) is 0 Å². The number of hydrogen-bond acceptors (Lipinski definition) is 8. The van der Waals surface area contributed by atoms with E-state index >= 15 is 0 Å². The first-order valence-corrected chi connectivity index (χ1v) is 11.8. The summed E-state index contributed by atoms with van der Waals surface area (Å²) < 4.78 is 0. The third kappa shape index (κ3) is 4.15. The monoisotopic (exact) mass is 443 g/mol. The van der Waals surface area contributed by atoms with Crippen molar-refractivity contribution in [3.8, 4) is 0 Å². The Morgan fingerprint density at radius 1 is 0.906 bits per heavy atom. The molecule has 32 heavy (non-hydrogen) atoms. The lowest BCUT2D eigenvalue weighted by atomic mass is 9.97. The number of hydrogen-bond donors (Lipinski definition) is 4. The van der Waals surface area contributed by atoms with E-state index in [2.05, 4.69) is 20.4 Å². The molecule has 0 saturated carbocycles. The Balaban J connectivity index is 1.24. The highest BCUT2D eigenvalue weighted by Crippen LogP contribution is 2.32. The SMILES string of the molecule is O=C1c2ccc(N3CCN(CC4CCNCC4)CC3)cc2C(=O)N1C1CCC(O)NC1O. The first kappa shape index (κ1) is 21.8. The Labute approximate surface area is 188 Å². The molecule has 1 aromatic carbocycles. The molecule has 2 amide bonds. The molecule has 0 spiro atoms. The van der Waals surface area contributed by atoms with Crippen LogP contribution in [0, 0.1) is 5.92 Å². The normalized spacial score (nSPS) is 30.1. The highest BCUT2D eigenvalue weighted by molar-refractivity contribution is 6.22. The largest absolute Gasteiger partial charge is 0.379 e. The molecule has 9 heteroatoms. The van der Waals surface area contributed by atoms with Gasteiger partial charge in [0, 0.05) is 38.4 Å². The average Bonchev–Trinajstić information content (AvgIpc) is 3.05. The minimum absolute atomic E-state index is 0.362. The predicted octanol–water partition coefficient (Wildman–Crippen LogP) is -0.207. The number of aliphatic hydroxyl groups is 2. The van der Waals surface area contributed by atoms with Gasteiger partial charge in [0.25, 0.3) is 11.8 Å². The predicted molar refractivity (Wildman–Crippen MR) is 119 cm³/mol. The van der Waals surface area contributed by atoms with Crippen LogP contribution >= 0.6 is 0 Å². The molecule has 9 nitrogen and oxygen atoms in total. The molecular formula is C23H33N5O4. The summed E-state index contributed by atoms with van der Waals surface area (Å²) >= 11 is 0. The second-order valence-corrected chi connectivity index (χ2v) is 9.46. The summed E-state index contributed by atoms with van der Waals surface area (Å²) in [6, 6.07) is 4.82. The molecule has 4 aliphatic heterocycles. The fourth-order valence-corrected chi connectivity index (χ4v) is 5.51. The summed E-state index contributed by atoms with van der Waals surface area (Å²) in [5, 5.41) is 26.0. The van der Waals surface area contributed by atoms with Gasteiger partial charge in [-0.25, -0.2) is 0 Å². The van der Waals surface area contributed by atoms with Crippen LogP contribution in [0.3, 0.4) is 0 Å². The Morgan fingerprint density at radius 3 is 2.34 bits per heavy atom. The van der Waals surface area contributed by atoms with Crippen molar-refractivity contribution in [2.75, 3.05) is 50.7 Å². The van der Waals surface area contributed by atoms with E-state index in [4.69, 9.17) is 0 Å². The van der Waals surface area contributed by atoms with E-state index in [9.17, 15) is 19.8 Å². The van der Waals surface area contributed by atoms with Gasteiger partial charge in [-0.15, -0.1) is 0 Å². The van der Waals surface area contributed by atoms with E-state index in [1.165, 1.54) is 12.8 Å². The summed E-state index contributed by atoms with van der Waals surface area (Å²) in [6.07, 6.45) is 1.29. The van der Waals surface area contributed by atoms with Crippen molar-refractivity contribution >= 4 is 17.5 Å². The van der Waals surface area contributed by atoms with Gasteiger partial charge in [-0.2, -0.15) is 0 Å². The lowest BCUT2D eigenvalue weighted by Crippen LogP contribution is -2.58. The van der Waals surface area contributed by atoms with E-state index < -0.39 is 18.5 Å². The van der Waals surface area contributed by atoms with E-state index in [0.717, 1.165) is 62.3 Å². The maximum absolute atomic E-state index is 13.1. The molecule has 1 aromatic rings. The Kier molecular flexibility index (Phi) is 6.18. The molecule has 0 aliphatic carbocycles. The van der Waals surface area contributed by atoms with Gasteiger partial charge in [0.15, 0.2) is 0 Å². The third-order valence-electron chi connectivity index (χ3n) is 7.41. The number of aliphatic hydroxyl groups excluding tert-OH is 2. The minimum atomic E-state index is -1.13. The number of carbonyl (C=O) groups excluding carboxylic acids is 2. The first-order valence-electron chi connectivity index (χ1n) is 11.8. The van der Waals surface area contributed by atoms with Crippen LogP contribution in [0.25, 0.3) is 0 Å². The Morgan fingerprint density at radius 2 is 1.62 bits per heavy atom. The van der Waals surface area contributed by atoms with E-state index in [-0.39, 0.29) is 11.8 Å². The molecule has 4 N–H and O–H groups in total. The fraction of sp³-hybridized carbons (Fsp3) is 0.652. The van der Waals surface area contributed by atoms with Crippen molar-refractivity contribution in [1.29, 1.82) is 0 Å². The second kappa shape index (κ2) is 9.07. The van der Waals surface area contributed by atoms with Gasteiger partial charge in [-0.05, 0) is 62.9 Å². The molecule has 3 unspecified atom stereocenters. The van der Waals surface area contributed by atoms with Crippen LogP contribution in [0.1, 0.15) is 46.4 Å². The number of nitrogens with one attached hydrogen (secondary N) is 2. The van der Waals surface area contributed by atoms with E-state index in [1.807, 2.05) is 12.1 Å². The molecule has 0 bridgehead atoms. The summed E-state index contributed by atoms with van der Waals surface area (Å²) in [6.45, 7) is 7.21. The highest BCUT2D eigenvalue weighted by Gasteiger charge is 2.44. The number of imide groups is 1. The van der Waals surface area contributed by atoms with Gasteiger partial charge in [-0.3, -0.25) is 24.7 Å². The van der Waals surface area contributed by atoms with E-state index in [1.54, 1.807) is 6.07 Å². The first-order chi connectivity index (χ1) is 15.5. The molecule has 3 saturated heterocycles. The molecule has 4 heterocycles. The van der Waals surface area contributed by atoms with Crippen LogP contribution in [0.15, 0.2) is 18.2 Å². The van der Waals surface area contributed by atoms with Crippen molar-refractivity contribution in [1.82, 2.24) is 20.4 Å². The Hall–Kier alpha value is -2.04. The van der Waals surface area contributed by atoms with E-state index in [0.29, 0.717) is 24.0 Å². The van der Waals surface area contributed by atoms with Crippen LogP contribution in [-0.2, 0) is 0 Å². The van der Waals surface area contributed by atoms with Crippen LogP contribution in [0.2, 0.25) is 0 Å². The lowest BCUT2D eigenvalue weighted by Gasteiger charge is -2.38. The van der Waals surface area contributed by atoms with Gasteiger partial charge >= 0.3 is 0 Å². The van der Waals surface area contributed by atoms with Gasteiger partial charge < -0.3 is 20.4 Å². The number of benzene rings is 1. The van der Waals surface area contributed by atoms with Crippen molar-refractivity contribution in [3.63, 3.8) is 0 Å². The molecule has 174 valence electrons. The highest BCUT2D eigenvalue weighted by atomic mass is 16.3. The lowest BCUT2D eigenvalue weighted by molar-refractivity contribution is -0.0413. The smallest absolute Gasteiger partial charge is 0.262 e. The molecular weight excluding hydrogens is 410 g/mol. The summed E-state index contributed by atoms with van der Waals surface area (Å²) in [4.78, 5) is 32.0. The molecule has 3 fully saturated rings. The molecule has 4 aliphatic rings. The zero-order chi connectivity index (χ0) is 22.2. The minimum Gasteiger partial charge on any atom is -0.379 e. The molecule has 0 radical (unpaired) electrons. The van der Waals surface area contributed by atoms with Gasteiger partial charge in [0.2, 0.25) is 0 Å². The van der Waals surface area contributed by atoms with Crippen LogP contribution < -0.4 is 15.5 Å². The number of piperazine rings is 1. The summed E-state index contributed by atoms with van der Waals surface area (Å²) in [5.41, 5.74) is 1.76. The number of nitrogens with zero attached hydrogens (tertiary/aromatic N) is 3. The van der Waals surface area contributed by atoms with Crippen molar-refractivity contribution < 1.29 is 19.8 Å². The summed E-state index contributed by atoms with van der Waals surface area (Å²) in [7, 11) is 0.